The molecule has 0 fully saturated rings. The minimum atomic E-state index is -0.222. The maximum atomic E-state index is 13.1. The first kappa shape index (κ1) is 15.5. The lowest BCUT2D eigenvalue weighted by atomic mass is 10.0. The average Bonchev–Trinajstić information content (AvgIpc) is 2.60. The summed E-state index contributed by atoms with van der Waals surface area (Å²) in [5.41, 5.74) is 7.54. The summed E-state index contributed by atoms with van der Waals surface area (Å²) in [4.78, 5) is 4.86. The van der Waals surface area contributed by atoms with Crippen LogP contribution in [0.25, 0.3) is 33.3 Å². The van der Waals surface area contributed by atoms with Crippen molar-refractivity contribution in [3.8, 4) is 22.4 Å². The molecule has 0 amide bonds. The number of hydrogen-bond donors (Lipinski definition) is 0. The zero-order chi connectivity index (χ0) is 17.4. The zero-order valence-electron chi connectivity index (χ0n) is 14.3. The van der Waals surface area contributed by atoms with Crippen LogP contribution in [-0.2, 0) is 0 Å². The van der Waals surface area contributed by atoms with Gasteiger partial charge in [-0.25, -0.2) is 9.37 Å². The van der Waals surface area contributed by atoms with Crippen LogP contribution in [0.5, 0.6) is 0 Å². The highest BCUT2D eigenvalue weighted by molar-refractivity contribution is 5.86. The highest BCUT2D eigenvalue weighted by Crippen LogP contribution is 2.27. The smallest absolute Gasteiger partial charge is 0.123 e. The van der Waals surface area contributed by atoms with Crippen molar-refractivity contribution in [2.75, 3.05) is 0 Å². The molecule has 1 heterocycles. The summed E-state index contributed by atoms with van der Waals surface area (Å²) in [7, 11) is 0. The van der Waals surface area contributed by atoms with Gasteiger partial charge in [-0.15, -0.1) is 0 Å². The lowest BCUT2D eigenvalue weighted by Crippen LogP contribution is -1.88. The van der Waals surface area contributed by atoms with E-state index in [2.05, 4.69) is 56.3 Å². The molecule has 0 aliphatic rings. The highest BCUT2D eigenvalue weighted by atomic mass is 19.1. The van der Waals surface area contributed by atoms with E-state index in [0.29, 0.717) is 0 Å². The Bertz CT molecular complexity index is 1040. The molecule has 0 aliphatic carbocycles. The van der Waals surface area contributed by atoms with Crippen LogP contribution in [0.15, 0.2) is 72.8 Å². The van der Waals surface area contributed by atoms with Crippen LogP contribution >= 0.6 is 0 Å². The summed E-state index contributed by atoms with van der Waals surface area (Å²) in [5.74, 6) is -0.222. The fourth-order valence-electron chi connectivity index (χ4n) is 3.22. The van der Waals surface area contributed by atoms with Gasteiger partial charge in [-0.2, -0.15) is 0 Å². The Morgan fingerprint density at radius 1 is 0.640 bits per heavy atom. The second-order valence-corrected chi connectivity index (χ2v) is 6.49. The van der Waals surface area contributed by atoms with Gasteiger partial charge in [0.2, 0.25) is 0 Å². The lowest BCUT2D eigenvalue weighted by Gasteiger charge is -2.08. The van der Waals surface area contributed by atoms with E-state index in [0.717, 1.165) is 33.3 Å². The second kappa shape index (κ2) is 6.14. The van der Waals surface area contributed by atoms with Crippen LogP contribution in [0.2, 0.25) is 0 Å². The van der Waals surface area contributed by atoms with E-state index < -0.39 is 0 Å². The zero-order valence-corrected chi connectivity index (χ0v) is 14.3. The van der Waals surface area contributed by atoms with E-state index >= 15 is 0 Å². The first-order chi connectivity index (χ1) is 12.1. The molecule has 1 aromatic heterocycles. The lowest BCUT2D eigenvalue weighted by molar-refractivity contribution is 0.628. The molecule has 0 aliphatic heterocycles. The van der Waals surface area contributed by atoms with E-state index in [-0.39, 0.29) is 5.82 Å². The van der Waals surface area contributed by atoms with Crippen molar-refractivity contribution in [1.29, 1.82) is 0 Å². The van der Waals surface area contributed by atoms with Gasteiger partial charge in [-0.05, 0) is 61.4 Å². The number of benzene rings is 3. The van der Waals surface area contributed by atoms with Crippen molar-refractivity contribution in [1.82, 2.24) is 4.98 Å². The number of rotatable bonds is 2. The standard InChI is InChI=1S/C23H18FN/c1-15-11-16(2)13-20(12-15)22-10-7-18-3-4-19(14-23(18)25-22)17-5-8-21(24)9-6-17/h3-14H,1-2H3. The second-order valence-electron chi connectivity index (χ2n) is 6.49. The number of nitrogens with zero attached hydrogens (tertiary/aromatic N) is 1. The number of fused-ring (bicyclic) bond motifs is 1. The predicted molar refractivity (Wildman–Crippen MR) is 102 cm³/mol. The maximum Gasteiger partial charge on any atom is 0.123 e. The fraction of sp³-hybridized carbons (Fsp3) is 0.0870. The minimum absolute atomic E-state index is 0.222. The van der Waals surface area contributed by atoms with E-state index in [1.54, 1.807) is 12.1 Å². The first-order valence-electron chi connectivity index (χ1n) is 8.34. The SMILES string of the molecule is Cc1cc(C)cc(-c2ccc3ccc(-c4ccc(F)cc4)cc3n2)c1. The molecule has 1 nitrogen and oxygen atoms in total. The Kier molecular flexibility index (Phi) is 3.81. The third-order valence-electron chi connectivity index (χ3n) is 4.39. The molecule has 0 atom stereocenters. The number of aromatic nitrogens is 1. The molecule has 0 saturated carbocycles. The Balaban J connectivity index is 1.82. The van der Waals surface area contributed by atoms with Gasteiger partial charge in [-0.3, -0.25) is 0 Å². The van der Waals surface area contributed by atoms with Crippen LogP contribution in [-0.4, -0.2) is 4.98 Å². The van der Waals surface area contributed by atoms with E-state index in [4.69, 9.17) is 4.98 Å². The summed E-state index contributed by atoms with van der Waals surface area (Å²) in [6.07, 6.45) is 0. The number of halogens is 1. The van der Waals surface area contributed by atoms with Gasteiger partial charge in [-0.1, -0.05) is 47.5 Å². The molecular formula is C23H18FN. The van der Waals surface area contributed by atoms with Gasteiger partial charge in [0.05, 0.1) is 11.2 Å². The Hall–Kier alpha value is -3.00. The van der Waals surface area contributed by atoms with Crippen molar-refractivity contribution in [2.45, 2.75) is 13.8 Å². The van der Waals surface area contributed by atoms with Crippen LogP contribution in [0, 0.1) is 19.7 Å². The maximum absolute atomic E-state index is 13.1. The van der Waals surface area contributed by atoms with Crippen molar-refractivity contribution in [2.24, 2.45) is 0 Å². The van der Waals surface area contributed by atoms with Gasteiger partial charge in [0.15, 0.2) is 0 Å². The molecule has 4 rings (SSSR count). The van der Waals surface area contributed by atoms with Crippen LogP contribution < -0.4 is 0 Å². The highest BCUT2D eigenvalue weighted by Gasteiger charge is 2.05. The Morgan fingerprint density at radius 3 is 2.00 bits per heavy atom. The van der Waals surface area contributed by atoms with Gasteiger partial charge in [0.25, 0.3) is 0 Å². The number of pyridine rings is 1. The summed E-state index contributed by atoms with van der Waals surface area (Å²) >= 11 is 0. The quantitative estimate of drug-likeness (QED) is 0.419. The first-order valence-corrected chi connectivity index (χ1v) is 8.34. The third kappa shape index (κ3) is 3.16. The van der Waals surface area contributed by atoms with Gasteiger partial charge >= 0.3 is 0 Å². The van der Waals surface area contributed by atoms with E-state index in [1.807, 2.05) is 6.07 Å². The normalized spacial score (nSPS) is 11.0. The Labute approximate surface area is 146 Å². The molecular weight excluding hydrogens is 309 g/mol. The molecule has 0 N–H and O–H groups in total. The summed E-state index contributed by atoms with van der Waals surface area (Å²) in [5, 5.41) is 1.10. The molecule has 4 aromatic rings. The molecule has 0 radical (unpaired) electrons. The predicted octanol–water partition coefficient (Wildman–Crippen LogP) is 6.32. The largest absolute Gasteiger partial charge is 0.248 e. The van der Waals surface area contributed by atoms with Crippen molar-refractivity contribution < 1.29 is 4.39 Å². The molecule has 3 aromatic carbocycles. The summed E-state index contributed by atoms with van der Waals surface area (Å²) < 4.78 is 13.1. The molecule has 0 spiro atoms. The summed E-state index contributed by atoms with van der Waals surface area (Å²) in [6, 6.07) is 23.4. The molecule has 0 unspecified atom stereocenters. The van der Waals surface area contributed by atoms with E-state index in [1.165, 1.54) is 23.3 Å². The number of aryl methyl sites for hydroxylation is 2. The van der Waals surface area contributed by atoms with Crippen molar-refractivity contribution in [3.05, 3.63) is 89.7 Å². The third-order valence-corrected chi connectivity index (χ3v) is 4.39. The van der Waals surface area contributed by atoms with Crippen LogP contribution in [0.1, 0.15) is 11.1 Å². The van der Waals surface area contributed by atoms with Crippen LogP contribution in [0.3, 0.4) is 0 Å². The van der Waals surface area contributed by atoms with Gasteiger partial charge < -0.3 is 0 Å². The summed E-state index contributed by atoms with van der Waals surface area (Å²) in [6.45, 7) is 4.20. The van der Waals surface area contributed by atoms with E-state index in [9.17, 15) is 4.39 Å². The molecule has 0 saturated heterocycles. The molecule has 122 valence electrons. The van der Waals surface area contributed by atoms with Crippen molar-refractivity contribution in [3.63, 3.8) is 0 Å². The van der Waals surface area contributed by atoms with Gasteiger partial charge in [0.1, 0.15) is 5.82 Å². The monoisotopic (exact) mass is 327 g/mol. The molecule has 2 heteroatoms. The molecule has 0 bridgehead atoms. The average molecular weight is 327 g/mol. The fourth-order valence-corrected chi connectivity index (χ4v) is 3.22. The minimum Gasteiger partial charge on any atom is -0.248 e. The van der Waals surface area contributed by atoms with Crippen LogP contribution in [0.4, 0.5) is 4.39 Å². The molecule has 25 heavy (non-hydrogen) atoms. The number of hydrogen-bond acceptors (Lipinski definition) is 1. The van der Waals surface area contributed by atoms with Gasteiger partial charge in [0, 0.05) is 10.9 Å². The topological polar surface area (TPSA) is 12.9 Å². The Morgan fingerprint density at radius 2 is 1.28 bits per heavy atom. The van der Waals surface area contributed by atoms with Crippen molar-refractivity contribution >= 4 is 10.9 Å².